The molecule has 0 atom stereocenters. The number of hydrogen-bond acceptors (Lipinski definition) is 0. The van der Waals surface area contributed by atoms with Gasteiger partial charge in [0.05, 0.1) is 0 Å². The van der Waals surface area contributed by atoms with Crippen molar-refractivity contribution < 1.29 is 26.2 Å². The average Bonchev–Trinajstić information content (AvgIpc) is 3.09. The minimum Gasteiger partial charge on any atom is -0.147 e. The normalized spacial score (nSPS) is 17.9. The Bertz CT molecular complexity index is 930. The minimum absolute atomic E-state index is 0. The van der Waals surface area contributed by atoms with E-state index < -0.39 is 0 Å². The van der Waals surface area contributed by atoms with E-state index in [1.54, 1.807) is 11.1 Å². The number of rotatable bonds is 2. The predicted molar refractivity (Wildman–Crippen MR) is 132 cm³/mol. The summed E-state index contributed by atoms with van der Waals surface area (Å²) in [7, 11) is 0. The molecule has 0 unspecified atom stereocenters. The Morgan fingerprint density at radius 2 is 1.27 bits per heavy atom. The van der Waals surface area contributed by atoms with Crippen LogP contribution in [0.2, 0.25) is 0 Å². The van der Waals surface area contributed by atoms with Crippen LogP contribution in [0, 0.1) is 13.8 Å². The molecule has 2 fully saturated rings. The first-order valence-corrected chi connectivity index (χ1v) is 11.3. The molecule has 5 rings (SSSR count). The Kier molecular flexibility index (Phi) is 9.61. The van der Waals surface area contributed by atoms with Crippen LogP contribution in [0.3, 0.4) is 0 Å². The summed E-state index contributed by atoms with van der Waals surface area (Å²) in [5, 5.41) is 3.00. The van der Waals surface area contributed by atoms with Crippen molar-refractivity contribution in [2.45, 2.75) is 89.9 Å². The minimum atomic E-state index is 0. The molecule has 0 amide bonds. The average molecular weight is 522 g/mol. The van der Waals surface area contributed by atoms with Crippen LogP contribution in [0.5, 0.6) is 0 Å². The number of halogens is 2. The van der Waals surface area contributed by atoms with Crippen LogP contribution >= 0.6 is 24.8 Å². The molecule has 4 aliphatic rings. The second-order valence-corrected chi connectivity index (χ2v) is 9.41. The number of hydrogen-bond donors (Lipinski definition) is 0. The molecular weight excluding hydrogens is 486 g/mol. The number of benzene rings is 2. The van der Waals surface area contributed by atoms with Gasteiger partial charge in [0.1, 0.15) is 0 Å². The third-order valence-electron chi connectivity index (χ3n) is 7.55. The molecule has 30 heavy (non-hydrogen) atoms. The maximum atomic E-state index is 2.56. The summed E-state index contributed by atoms with van der Waals surface area (Å²) in [5.41, 5.74) is 9.16. The zero-order chi connectivity index (χ0) is 18.4. The van der Waals surface area contributed by atoms with Crippen LogP contribution in [-0.2, 0) is 26.2 Å². The molecule has 4 aliphatic carbocycles. The standard InChI is InChI=1S/C27H33.2ClH.Zr/c1-18-13-22(20-9-5-3-6-10-20)15-26-24(18)17-25-19(2)14-23(16-27(25)26)21-11-7-4-8-12-21;;;/h13-17,20-21H,3-12H2,1-2H3;2*1H;/q-1;;;. The van der Waals surface area contributed by atoms with Gasteiger partial charge < -0.3 is 0 Å². The van der Waals surface area contributed by atoms with Crippen molar-refractivity contribution in [3.05, 3.63) is 52.6 Å². The van der Waals surface area contributed by atoms with Crippen LogP contribution in [0.15, 0.2) is 30.3 Å². The van der Waals surface area contributed by atoms with E-state index in [9.17, 15) is 0 Å². The third-order valence-corrected chi connectivity index (χ3v) is 7.55. The van der Waals surface area contributed by atoms with Gasteiger partial charge in [-0.05, 0) is 31.2 Å². The van der Waals surface area contributed by atoms with Crippen LogP contribution < -0.4 is 0 Å². The summed E-state index contributed by atoms with van der Waals surface area (Å²) in [6.45, 7) is 4.65. The molecule has 0 bridgehead atoms. The topological polar surface area (TPSA) is 0 Å². The smallest absolute Gasteiger partial charge is 0 e. The second-order valence-electron chi connectivity index (χ2n) is 9.41. The summed E-state index contributed by atoms with van der Waals surface area (Å²) in [4.78, 5) is 0. The first kappa shape index (κ1) is 26.0. The molecule has 0 radical (unpaired) electrons. The first-order valence-electron chi connectivity index (χ1n) is 11.3. The molecule has 0 nitrogen and oxygen atoms in total. The van der Waals surface area contributed by atoms with Gasteiger partial charge in [0.2, 0.25) is 0 Å². The van der Waals surface area contributed by atoms with Crippen molar-refractivity contribution in [2.24, 2.45) is 0 Å². The molecular formula is C27H35Cl2Zr-. The van der Waals surface area contributed by atoms with Gasteiger partial charge >= 0.3 is 0 Å². The van der Waals surface area contributed by atoms with Gasteiger partial charge in [-0.3, -0.25) is 0 Å². The fourth-order valence-corrected chi connectivity index (χ4v) is 5.97. The Morgan fingerprint density at radius 1 is 0.700 bits per heavy atom. The van der Waals surface area contributed by atoms with E-state index in [4.69, 9.17) is 0 Å². The molecule has 0 aromatic heterocycles. The van der Waals surface area contributed by atoms with E-state index in [0.29, 0.717) is 0 Å². The quantitative estimate of drug-likeness (QED) is 0.295. The summed E-state index contributed by atoms with van der Waals surface area (Å²) in [5.74, 6) is 1.57. The van der Waals surface area contributed by atoms with Gasteiger partial charge in [0.25, 0.3) is 0 Å². The Morgan fingerprint density at radius 3 is 1.87 bits per heavy atom. The largest absolute Gasteiger partial charge is 0.147 e. The van der Waals surface area contributed by atoms with Crippen molar-refractivity contribution in [2.75, 3.05) is 0 Å². The van der Waals surface area contributed by atoms with Crippen molar-refractivity contribution in [3.63, 3.8) is 0 Å². The Balaban J connectivity index is 0.00000107. The van der Waals surface area contributed by atoms with Crippen LogP contribution in [0.4, 0.5) is 0 Å². The van der Waals surface area contributed by atoms with Crippen LogP contribution in [0.1, 0.15) is 98.3 Å². The van der Waals surface area contributed by atoms with E-state index in [2.05, 4.69) is 44.2 Å². The molecule has 0 N–H and O–H groups in total. The zero-order valence-electron chi connectivity index (χ0n) is 18.4. The van der Waals surface area contributed by atoms with Crippen molar-refractivity contribution in [1.82, 2.24) is 0 Å². The van der Waals surface area contributed by atoms with E-state index in [-0.39, 0.29) is 51.0 Å². The van der Waals surface area contributed by atoms with Gasteiger partial charge in [-0.1, -0.05) is 92.7 Å². The van der Waals surface area contributed by atoms with Crippen molar-refractivity contribution in [1.29, 1.82) is 0 Å². The number of fused-ring (bicyclic) bond motifs is 3. The Labute approximate surface area is 214 Å². The van der Waals surface area contributed by atoms with Crippen molar-refractivity contribution in [3.8, 4) is 11.1 Å². The molecule has 0 aliphatic heterocycles. The van der Waals surface area contributed by atoms with E-state index in [1.165, 1.54) is 97.2 Å². The SMILES string of the molecule is Cc1cc(C2CCCCC2)cc2c3cc(C4CCCCC4)c[c-](C)c-3cc12.Cl.Cl.[Zr]. The molecule has 0 heterocycles. The third kappa shape index (κ3) is 4.89. The van der Waals surface area contributed by atoms with Crippen molar-refractivity contribution >= 4 is 35.6 Å². The summed E-state index contributed by atoms with van der Waals surface area (Å²) >= 11 is 0. The van der Waals surface area contributed by atoms with Gasteiger partial charge in [-0.25, -0.2) is 0 Å². The molecule has 0 saturated heterocycles. The van der Waals surface area contributed by atoms with Gasteiger partial charge in [0, 0.05) is 26.2 Å². The molecule has 1 aromatic carbocycles. The summed E-state index contributed by atoms with van der Waals surface area (Å²) in [6.07, 6.45) is 14.0. The maximum absolute atomic E-state index is 2.56. The molecule has 3 heteroatoms. The fraction of sp³-hybridized carbons (Fsp3) is 0.519. The Hall–Kier alpha value is -0.227. The first-order chi connectivity index (χ1) is 13.2. The zero-order valence-corrected chi connectivity index (χ0v) is 22.5. The van der Waals surface area contributed by atoms with E-state index >= 15 is 0 Å². The maximum Gasteiger partial charge on any atom is 0 e. The van der Waals surface area contributed by atoms with Gasteiger partial charge in [0.15, 0.2) is 0 Å². The molecule has 162 valence electrons. The van der Waals surface area contributed by atoms with Crippen LogP contribution in [0.25, 0.3) is 21.9 Å². The van der Waals surface area contributed by atoms with E-state index in [1.807, 2.05) is 0 Å². The number of aryl methyl sites for hydroxylation is 2. The molecule has 1 aromatic rings. The predicted octanol–water partition coefficient (Wildman–Crippen LogP) is 9.22. The van der Waals surface area contributed by atoms with Crippen LogP contribution in [-0.4, -0.2) is 0 Å². The fourth-order valence-electron chi connectivity index (χ4n) is 5.97. The van der Waals surface area contributed by atoms with Gasteiger partial charge in [-0.2, -0.15) is 0 Å². The molecule has 2 saturated carbocycles. The monoisotopic (exact) mass is 519 g/mol. The summed E-state index contributed by atoms with van der Waals surface area (Å²) in [6, 6.07) is 12.6. The second kappa shape index (κ2) is 11.1. The van der Waals surface area contributed by atoms with E-state index in [0.717, 1.165) is 11.8 Å². The molecule has 0 spiro atoms. The van der Waals surface area contributed by atoms with Gasteiger partial charge in [-0.15, -0.1) is 65.3 Å². The summed E-state index contributed by atoms with van der Waals surface area (Å²) < 4.78 is 0.